The van der Waals surface area contributed by atoms with Crippen molar-refractivity contribution in [3.63, 3.8) is 0 Å². The van der Waals surface area contributed by atoms with Crippen molar-refractivity contribution in [1.82, 2.24) is 14.4 Å². The first-order valence-electron chi connectivity index (χ1n) is 13.7. The maximum absolute atomic E-state index is 13.8. The van der Waals surface area contributed by atoms with Gasteiger partial charge in [0.15, 0.2) is 0 Å². The van der Waals surface area contributed by atoms with Crippen molar-refractivity contribution in [2.75, 3.05) is 64.2 Å². The quantitative estimate of drug-likeness (QED) is 0.350. The Balaban J connectivity index is 1.69. The number of ether oxygens (including phenoxy) is 2. The molecule has 1 aliphatic rings. The number of hydrogen-bond donors (Lipinski definition) is 2. The average molecular weight is 548 g/mol. The van der Waals surface area contributed by atoms with Gasteiger partial charge in [-0.15, -0.1) is 6.58 Å². The molecule has 2 amide bonds. The molecule has 2 heterocycles. The Hall–Kier alpha value is -3.82. The van der Waals surface area contributed by atoms with Gasteiger partial charge in [-0.05, 0) is 55.7 Å². The molecule has 1 fully saturated rings. The van der Waals surface area contributed by atoms with Crippen LogP contribution in [0, 0.1) is 20.8 Å². The summed E-state index contributed by atoms with van der Waals surface area (Å²) in [5.41, 5.74) is 7.50. The zero-order valence-electron chi connectivity index (χ0n) is 24.3. The first kappa shape index (κ1) is 29.2. The SMILES string of the molecule is C=CCn1c(C)c(C)c2cc(C(=O)N3CCN(CCOC)CC3)cc(NCc3c(C)cccc3NC(=O)OC)c21. The second-order valence-electron chi connectivity index (χ2n) is 10.2. The van der Waals surface area contributed by atoms with Crippen LogP contribution in [0.25, 0.3) is 10.9 Å². The van der Waals surface area contributed by atoms with Crippen LogP contribution in [-0.4, -0.2) is 79.9 Å². The van der Waals surface area contributed by atoms with Crippen molar-refractivity contribution in [3.05, 3.63) is 70.9 Å². The van der Waals surface area contributed by atoms with Crippen molar-refractivity contribution < 1.29 is 19.1 Å². The second-order valence-corrected chi connectivity index (χ2v) is 10.2. The Morgan fingerprint density at radius 1 is 1.05 bits per heavy atom. The average Bonchev–Trinajstić information content (AvgIpc) is 3.20. The third-order valence-electron chi connectivity index (χ3n) is 7.85. The minimum Gasteiger partial charge on any atom is -0.453 e. The maximum Gasteiger partial charge on any atom is 0.411 e. The molecule has 9 heteroatoms. The molecule has 1 aliphatic heterocycles. The van der Waals surface area contributed by atoms with E-state index in [2.05, 4.69) is 40.5 Å². The lowest BCUT2D eigenvalue weighted by Gasteiger charge is -2.34. The van der Waals surface area contributed by atoms with E-state index in [4.69, 9.17) is 9.47 Å². The molecule has 0 saturated carbocycles. The van der Waals surface area contributed by atoms with Gasteiger partial charge in [0.2, 0.25) is 0 Å². The molecular formula is C31H41N5O4. The molecule has 2 N–H and O–H groups in total. The number of carbonyl (C=O) groups excluding carboxylic acids is 2. The number of hydrogen-bond acceptors (Lipinski definition) is 6. The number of amides is 2. The van der Waals surface area contributed by atoms with Gasteiger partial charge in [-0.3, -0.25) is 15.0 Å². The number of rotatable bonds is 10. The predicted molar refractivity (Wildman–Crippen MR) is 160 cm³/mol. The first-order valence-corrected chi connectivity index (χ1v) is 13.7. The lowest BCUT2D eigenvalue weighted by molar-refractivity contribution is 0.0594. The highest BCUT2D eigenvalue weighted by atomic mass is 16.5. The van der Waals surface area contributed by atoms with Gasteiger partial charge in [-0.25, -0.2) is 4.79 Å². The minimum absolute atomic E-state index is 0.0359. The van der Waals surface area contributed by atoms with Gasteiger partial charge in [0.25, 0.3) is 5.91 Å². The summed E-state index contributed by atoms with van der Waals surface area (Å²) in [5, 5.41) is 7.47. The molecule has 0 bridgehead atoms. The summed E-state index contributed by atoms with van der Waals surface area (Å²) in [6.07, 6.45) is 1.37. The van der Waals surface area contributed by atoms with Crippen molar-refractivity contribution >= 4 is 34.3 Å². The normalized spacial score (nSPS) is 13.9. The first-order chi connectivity index (χ1) is 19.3. The van der Waals surface area contributed by atoms with Crippen LogP contribution in [0.5, 0.6) is 0 Å². The van der Waals surface area contributed by atoms with Gasteiger partial charge in [0, 0.05) is 75.3 Å². The van der Waals surface area contributed by atoms with Crippen molar-refractivity contribution in [3.8, 4) is 0 Å². The Kier molecular flexibility index (Phi) is 9.50. The summed E-state index contributed by atoms with van der Waals surface area (Å²) in [7, 11) is 3.06. The zero-order valence-corrected chi connectivity index (χ0v) is 24.3. The van der Waals surface area contributed by atoms with Crippen molar-refractivity contribution in [2.24, 2.45) is 0 Å². The van der Waals surface area contributed by atoms with E-state index in [1.807, 2.05) is 48.2 Å². The molecule has 0 atom stereocenters. The monoisotopic (exact) mass is 547 g/mol. The highest BCUT2D eigenvalue weighted by molar-refractivity contribution is 6.04. The van der Waals surface area contributed by atoms with Crippen molar-refractivity contribution in [2.45, 2.75) is 33.9 Å². The fraction of sp³-hybridized carbons (Fsp3) is 0.419. The van der Waals surface area contributed by atoms with Crippen LogP contribution in [0.1, 0.15) is 32.7 Å². The maximum atomic E-state index is 13.8. The summed E-state index contributed by atoms with van der Waals surface area (Å²) < 4.78 is 12.3. The Morgan fingerprint density at radius 3 is 2.48 bits per heavy atom. The van der Waals surface area contributed by atoms with Gasteiger partial charge in [-0.2, -0.15) is 0 Å². The molecule has 3 aromatic rings. The van der Waals surface area contributed by atoms with E-state index in [0.29, 0.717) is 44.0 Å². The van der Waals surface area contributed by atoms with E-state index in [1.54, 1.807) is 7.11 Å². The lowest BCUT2D eigenvalue weighted by Crippen LogP contribution is -2.49. The molecule has 0 aliphatic carbocycles. The van der Waals surface area contributed by atoms with Crippen LogP contribution in [0.4, 0.5) is 16.2 Å². The van der Waals surface area contributed by atoms with Gasteiger partial charge >= 0.3 is 6.09 Å². The Morgan fingerprint density at radius 2 is 1.80 bits per heavy atom. The van der Waals surface area contributed by atoms with E-state index in [1.165, 1.54) is 7.11 Å². The molecule has 4 rings (SSSR count). The summed E-state index contributed by atoms with van der Waals surface area (Å²) in [5.74, 6) is 0.0359. The third kappa shape index (κ3) is 6.16. The number of allylic oxidation sites excluding steroid dienone is 1. The highest BCUT2D eigenvalue weighted by Gasteiger charge is 2.24. The second kappa shape index (κ2) is 13.0. The summed E-state index contributed by atoms with van der Waals surface area (Å²) in [6, 6.07) is 9.76. The number of aromatic nitrogens is 1. The molecule has 40 heavy (non-hydrogen) atoms. The smallest absolute Gasteiger partial charge is 0.411 e. The molecule has 9 nitrogen and oxygen atoms in total. The minimum atomic E-state index is -0.518. The number of piperazine rings is 1. The van der Waals surface area contributed by atoms with Crippen LogP contribution >= 0.6 is 0 Å². The van der Waals surface area contributed by atoms with Crippen LogP contribution in [0.15, 0.2) is 43.0 Å². The topological polar surface area (TPSA) is 88.1 Å². The van der Waals surface area contributed by atoms with Crippen LogP contribution in [0.2, 0.25) is 0 Å². The van der Waals surface area contributed by atoms with E-state index in [0.717, 1.165) is 58.6 Å². The van der Waals surface area contributed by atoms with Gasteiger partial charge in [-0.1, -0.05) is 18.2 Å². The number of aryl methyl sites for hydroxylation is 2. The number of methoxy groups -OCH3 is 2. The molecule has 2 aromatic carbocycles. The number of carbonyl (C=O) groups is 2. The fourth-order valence-corrected chi connectivity index (χ4v) is 5.37. The summed E-state index contributed by atoms with van der Waals surface area (Å²) in [4.78, 5) is 30.0. The Labute approximate surface area is 236 Å². The number of anilines is 2. The summed E-state index contributed by atoms with van der Waals surface area (Å²) >= 11 is 0. The number of nitrogens with one attached hydrogen (secondary N) is 2. The largest absolute Gasteiger partial charge is 0.453 e. The molecule has 0 radical (unpaired) electrons. The molecular weight excluding hydrogens is 506 g/mol. The Bertz CT molecular complexity index is 1390. The molecule has 1 aromatic heterocycles. The van der Waals surface area contributed by atoms with Gasteiger partial charge in [0.1, 0.15) is 0 Å². The van der Waals surface area contributed by atoms with E-state index in [9.17, 15) is 9.59 Å². The predicted octanol–water partition coefficient (Wildman–Crippen LogP) is 4.95. The number of nitrogens with zero attached hydrogens (tertiary/aromatic N) is 3. The van der Waals surface area contributed by atoms with Crippen LogP contribution < -0.4 is 10.6 Å². The van der Waals surface area contributed by atoms with Crippen molar-refractivity contribution in [1.29, 1.82) is 0 Å². The number of benzene rings is 2. The third-order valence-corrected chi connectivity index (χ3v) is 7.85. The van der Waals surface area contributed by atoms with Gasteiger partial charge in [0.05, 0.1) is 24.9 Å². The summed E-state index contributed by atoms with van der Waals surface area (Å²) in [6.45, 7) is 15.9. The van der Waals surface area contributed by atoms with Gasteiger partial charge < -0.3 is 24.3 Å². The van der Waals surface area contributed by atoms with E-state index >= 15 is 0 Å². The van der Waals surface area contributed by atoms with E-state index < -0.39 is 6.09 Å². The molecule has 1 saturated heterocycles. The molecule has 0 unspecified atom stereocenters. The molecule has 0 spiro atoms. The van der Waals surface area contributed by atoms with E-state index in [-0.39, 0.29) is 5.91 Å². The standard InChI is InChI=1S/C31H41N5O4/c1-7-11-36-23(4)22(3)25-18-24(30(37)35-14-12-34(13-15-35)16-17-39-5)19-28(29(25)36)32-20-26-21(2)9-8-10-27(26)33-31(38)40-6/h7-10,18-19,32H,1,11-17,20H2,2-6H3,(H,33,38). The van der Waals surface area contributed by atoms with Crippen LogP contribution in [-0.2, 0) is 22.6 Å². The lowest BCUT2D eigenvalue weighted by atomic mass is 10.0. The molecule has 214 valence electrons. The van der Waals surface area contributed by atoms with Crippen LogP contribution in [0.3, 0.4) is 0 Å². The number of fused-ring (bicyclic) bond motifs is 1. The zero-order chi connectivity index (χ0) is 28.8. The fourth-order valence-electron chi connectivity index (χ4n) is 5.37. The highest BCUT2D eigenvalue weighted by Crippen LogP contribution is 2.34.